The fourth-order valence-corrected chi connectivity index (χ4v) is 4.81. The lowest BCUT2D eigenvalue weighted by Gasteiger charge is -2.37. The molecule has 3 N–H and O–H groups in total. The van der Waals surface area contributed by atoms with E-state index in [1.165, 1.54) is 42.5 Å². The molecular formula is C26H28N2O5. The summed E-state index contributed by atoms with van der Waals surface area (Å²) in [6.45, 7) is 0. The number of carboxylic acids is 2. The summed E-state index contributed by atoms with van der Waals surface area (Å²) >= 11 is 0. The highest BCUT2D eigenvalue weighted by Gasteiger charge is 2.38. The van der Waals surface area contributed by atoms with E-state index in [9.17, 15) is 9.59 Å². The average molecular weight is 449 g/mol. The number of benzene rings is 2. The minimum Gasteiger partial charge on any atom is -0.478 e. The highest BCUT2D eigenvalue weighted by Crippen LogP contribution is 2.35. The smallest absolute Gasteiger partial charge is 0.328 e. The van der Waals surface area contributed by atoms with Crippen molar-refractivity contribution in [3.63, 3.8) is 0 Å². The Labute approximate surface area is 192 Å². The van der Waals surface area contributed by atoms with E-state index in [-0.39, 0.29) is 0 Å². The molecular weight excluding hydrogens is 420 g/mol. The Morgan fingerprint density at radius 2 is 1.55 bits per heavy atom. The van der Waals surface area contributed by atoms with Gasteiger partial charge in [-0.3, -0.25) is 0 Å². The van der Waals surface area contributed by atoms with Gasteiger partial charge in [0.05, 0.1) is 6.26 Å². The highest BCUT2D eigenvalue weighted by molar-refractivity contribution is 5.89. The zero-order chi connectivity index (χ0) is 23.4. The van der Waals surface area contributed by atoms with Crippen LogP contribution in [0.5, 0.6) is 0 Å². The molecule has 172 valence electrons. The SMILES string of the molecule is CN1[C@@H]2CC[C@H]1C[C@@H](Nc1ccc(-c3ccc4occc4c3)cc1)C2.O=C(O)/C=C/C(=O)O. The molecule has 33 heavy (non-hydrogen) atoms. The molecule has 2 aliphatic rings. The van der Waals surface area contributed by atoms with Crippen LogP contribution in [0.1, 0.15) is 25.7 Å². The zero-order valence-electron chi connectivity index (χ0n) is 18.5. The van der Waals surface area contributed by atoms with Crippen LogP contribution in [0.4, 0.5) is 5.69 Å². The van der Waals surface area contributed by atoms with Crippen LogP contribution < -0.4 is 5.32 Å². The van der Waals surface area contributed by atoms with Crippen molar-refractivity contribution in [1.29, 1.82) is 0 Å². The first-order valence-electron chi connectivity index (χ1n) is 11.1. The predicted octanol–water partition coefficient (Wildman–Crippen LogP) is 4.85. The molecule has 2 aliphatic heterocycles. The first kappa shape index (κ1) is 22.6. The number of fused-ring (bicyclic) bond motifs is 3. The third-order valence-corrected chi connectivity index (χ3v) is 6.51. The molecule has 3 heterocycles. The lowest BCUT2D eigenvalue weighted by atomic mass is 9.97. The van der Waals surface area contributed by atoms with Crippen molar-refractivity contribution < 1.29 is 24.2 Å². The largest absolute Gasteiger partial charge is 0.478 e. The van der Waals surface area contributed by atoms with Gasteiger partial charge in [0.1, 0.15) is 5.58 Å². The van der Waals surface area contributed by atoms with E-state index in [2.05, 4.69) is 53.7 Å². The van der Waals surface area contributed by atoms with Crippen LogP contribution in [0.15, 0.2) is 71.4 Å². The van der Waals surface area contributed by atoms with E-state index in [1.807, 2.05) is 12.1 Å². The number of carbonyl (C=O) groups is 2. The third-order valence-electron chi connectivity index (χ3n) is 6.51. The van der Waals surface area contributed by atoms with E-state index in [0.29, 0.717) is 18.2 Å². The minimum absolute atomic E-state index is 0.558. The Morgan fingerprint density at radius 1 is 0.939 bits per heavy atom. The molecule has 0 aliphatic carbocycles. The summed E-state index contributed by atoms with van der Waals surface area (Å²) in [4.78, 5) is 21.7. The number of hydrogen-bond donors (Lipinski definition) is 3. The molecule has 2 fully saturated rings. The summed E-state index contributed by atoms with van der Waals surface area (Å²) in [7, 11) is 2.30. The molecule has 2 bridgehead atoms. The summed E-state index contributed by atoms with van der Waals surface area (Å²) in [5, 5.41) is 20.5. The molecule has 1 aromatic heterocycles. The van der Waals surface area contributed by atoms with Crippen LogP contribution in [-0.4, -0.2) is 52.2 Å². The molecule has 7 heteroatoms. The Hall–Kier alpha value is -3.58. The van der Waals surface area contributed by atoms with Gasteiger partial charge in [0, 0.05) is 41.4 Å². The maximum atomic E-state index is 9.55. The second-order valence-corrected chi connectivity index (χ2v) is 8.62. The second-order valence-electron chi connectivity index (χ2n) is 8.62. The van der Waals surface area contributed by atoms with Crippen LogP contribution in [0.3, 0.4) is 0 Å². The van der Waals surface area contributed by atoms with Crippen LogP contribution in [0.25, 0.3) is 22.1 Å². The fraction of sp³-hybridized carbons (Fsp3) is 0.308. The summed E-state index contributed by atoms with van der Waals surface area (Å²) in [5.41, 5.74) is 4.66. The Bertz CT molecular complexity index is 1120. The van der Waals surface area contributed by atoms with Crippen molar-refractivity contribution in [3.8, 4) is 11.1 Å². The van der Waals surface area contributed by atoms with E-state index in [4.69, 9.17) is 14.6 Å². The van der Waals surface area contributed by atoms with E-state index in [1.54, 1.807) is 6.26 Å². The molecule has 2 saturated heterocycles. The normalized spacial score (nSPS) is 22.2. The van der Waals surface area contributed by atoms with Crippen molar-refractivity contribution >= 4 is 28.6 Å². The number of anilines is 1. The van der Waals surface area contributed by atoms with Gasteiger partial charge in [0.25, 0.3) is 0 Å². The molecule has 2 aromatic carbocycles. The number of nitrogens with zero attached hydrogens (tertiary/aromatic N) is 1. The molecule has 5 rings (SSSR count). The summed E-state index contributed by atoms with van der Waals surface area (Å²) in [5.74, 6) is -2.51. The molecule has 7 nitrogen and oxygen atoms in total. The van der Waals surface area contributed by atoms with Crippen LogP contribution in [-0.2, 0) is 9.59 Å². The Morgan fingerprint density at radius 3 is 2.15 bits per heavy atom. The topological polar surface area (TPSA) is 103 Å². The number of piperidine rings is 1. The monoisotopic (exact) mass is 448 g/mol. The molecule has 0 saturated carbocycles. The Kier molecular flexibility index (Phi) is 6.79. The van der Waals surface area contributed by atoms with Crippen LogP contribution in [0, 0.1) is 0 Å². The van der Waals surface area contributed by atoms with Gasteiger partial charge < -0.3 is 24.8 Å². The fourth-order valence-electron chi connectivity index (χ4n) is 4.81. The summed E-state index contributed by atoms with van der Waals surface area (Å²) < 4.78 is 5.43. The highest BCUT2D eigenvalue weighted by atomic mass is 16.4. The number of aliphatic carboxylic acids is 2. The zero-order valence-corrected chi connectivity index (χ0v) is 18.5. The summed E-state index contributed by atoms with van der Waals surface area (Å²) in [6.07, 6.45) is 8.14. The van der Waals surface area contributed by atoms with Gasteiger partial charge in [0.2, 0.25) is 0 Å². The second kappa shape index (κ2) is 9.92. The lowest BCUT2D eigenvalue weighted by molar-refractivity contribution is -0.134. The lowest BCUT2D eigenvalue weighted by Crippen LogP contribution is -2.44. The van der Waals surface area contributed by atoms with E-state index in [0.717, 1.165) is 23.1 Å². The van der Waals surface area contributed by atoms with Gasteiger partial charge in [-0.1, -0.05) is 18.2 Å². The van der Waals surface area contributed by atoms with E-state index >= 15 is 0 Å². The molecule has 0 spiro atoms. The number of hydrogen-bond acceptors (Lipinski definition) is 5. The number of rotatable bonds is 5. The van der Waals surface area contributed by atoms with Gasteiger partial charge in [-0.25, -0.2) is 9.59 Å². The standard InChI is InChI=1S/C22H24N2O.C4H4O4/c1-24-20-7-8-21(24)14-19(13-20)23-18-5-2-15(3-6-18)16-4-9-22-17(12-16)10-11-25-22;5-3(6)1-2-4(7)8/h2-6,9-12,19-21,23H,7-8,13-14H2,1H3;1-2H,(H,5,6)(H,7,8)/b;2-1+/t19-,20+,21-;. The van der Waals surface area contributed by atoms with Crippen LogP contribution >= 0.6 is 0 Å². The average Bonchev–Trinajstić information content (AvgIpc) is 3.33. The quantitative estimate of drug-likeness (QED) is 0.480. The van der Waals surface area contributed by atoms with Crippen molar-refractivity contribution in [3.05, 3.63) is 66.9 Å². The molecule has 0 unspecified atom stereocenters. The molecule has 0 radical (unpaired) electrons. The van der Waals surface area contributed by atoms with Gasteiger partial charge in [0.15, 0.2) is 0 Å². The molecule has 0 amide bonds. The maximum absolute atomic E-state index is 9.55. The minimum atomic E-state index is -1.26. The van der Waals surface area contributed by atoms with Crippen molar-refractivity contribution in [2.75, 3.05) is 12.4 Å². The first-order valence-corrected chi connectivity index (χ1v) is 11.1. The maximum Gasteiger partial charge on any atom is 0.328 e. The first-order chi connectivity index (χ1) is 15.9. The van der Waals surface area contributed by atoms with Gasteiger partial charge >= 0.3 is 11.9 Å². The van der Waals surface area contributed by atoms with Crippen molar-refractivity contribution in [2.45, 2.75) is 43.8 Å². The van der Waals surface area contributed by atoms with Crippen molar-refractivity contribution in [2.24, 2.45) is 0 Å². The molecule has 3 atom stereocenters. The van der Waals surface area contributed by atoms with Crippen molar-refractivity contribution in [1.82, 2.24) is 4.90 Å². The number of furan rings is 1. The number of nitrogens with one attached hydrogen (secondary N) is 1. The van der Waals surface area contributed by atoms with E-state index < -0.39 is 11.9 Å². The summed E-state index contributed by atoms with van der Waals surface area (Å²) in [6, 6.07) is 19.4. The number of carboxylic acid groups (broad SMARTS) is 2. The van der Waals surface area contributed by atoms with Crippen LogP contribution in [0.2, 0.25) is 0 Å². The third kappa shape index (κ3) is 5.62. The van der Waals surface area contributed by atoms with Gasteiger partial charge in [-0.15, -0.1) is 0 Å². The van der Waals surface area contributed by atoms with Gasteiger partial charge in [-0.2, -0.15) is 0 Å². The Balaban J connectivity index is 0.000000281. The molecule has 3 aromatic rings. The predicted molar refractivity (Wildman–Crippen MR) is 127 cm³/mol. The van der Waals surface area contributed by atoms with Gasteiger partial charge in [-0.05, 0) is 74.2 Å².